The van der Waals surface area contributed by atoms with Gasteiger partial charge in [-0.2, -0.15) is 0 Å². The van der Waals surface area contributed by atoms with E-state index in [4.69, 9.17) is 4.74 Å². The molecule has 0 spiro atoms. The molecule has 2 heterocycles. The van der Waals surface area contributed by atoms with Crippen LogP contribution < -0.4 is 15.6 Å². The zero-order valence-corrected chi connectivity index (χ0v) is 14.4. The molecule has 3 aromatic rings. The predicted octanol–water partition coefficient (Wildman–Crippen LogP) is 2.99. The van der Waals surface area contributed by atoms with Crippen molar-refractivity contribution in [2.75, 3.05) is 11.9 Å². The molecule has 0 unspecified atom stereocenters. The van der Waals surface area contributed by atoms with Crippen molar-refractivity contribution in [2.24, 2.45) is 0 Å². The van der Waals surface area contributed by atoms with Crippen LogP contribution in [0.1, 0.15) is 12.6 Å². The minimum absolute atomic E-state index is 0.215. The number of nitrogens with one attached hydrogen (secondary N) is 2. The van der Waals surface area contributed by atoms with Crippen molar-refractivity contribution in [1.29, 1.82) is 0 Å². The largest absolute Gasteiger partial charge is 0.494 e. The fourth-order valence-corrected chi connectivity index (χ4v) is 2.77. The van der Waals surface area contributed by atoms with E-state index in [0.29, 0.717) is 29.2 Å². The quantitative estimate of drug-likeness (QED) is 0.497. The first-order valence-corrected chi connectivity index (χ1v) is 8.71. The standard InChI is InChI=1S/C17H17N5O2S/c1-2-24-14-6-4-12(5-7-14)20-16-21-13(10-15(23)22-16)11-25-17-18-8-3-9-19-17/h3-10H,2,11H2,1H3,(H2,20,21,22,23). The number of rotatable bonds is 7. The highest BCUT2D eigenvalue weighted by atomic mass is 32.2. The van der Waals surface area contributed by atoms with E-state index < -0.39 is 0 Å². The summed E-state index contributed by atoms with van der Waals surface area (Å²) in [4.78, 5) is 27.2. The van der Waals surface area contributed by atoms with Gasteiger partial charge in [0, 0.05) is 29.9 Å². The van der Waals surface area contributed by atoms with Crippen LogP contribution in [0.3, 0.4) is 0 Å². The number of hydrogen-bond acceptors (Lipinski definition) is 7. The summed E-state index contributed by atoms with van der Waals surface area (Å²) in [6.07, 6.45) is 3.36. The van der Waals surface area contributed by atoms with Crippen LogP contribution in [0.15, 0.2) is 58.7 Å². The number of aromatic nitrogens is 4. The average Bonchev–Trinajstić information content (AvgIpc) is 2.62. The van der Waals surface area contributed by atoms with Crippen LogP contribution in [-0.2, 0) is 5.75 Å². The predicted molar refractivity (Wildman–Crippen MR) is 97.3 cm³/mol. The van der Waals surface area contributed by atoms with Crippen LogP contribution in [0.2, 0.25) is 0 Å². The summed E-state index contributed by atoms with van der Waals surface area (Å²) in [7, 11) is 0. The van der Waals surface area contributed by atoms with Crippen molar-refractivity contribution in [2.45, 2.75) is 17.8 Å². The van der Waals surface area contributed by atoms with Gasteiger partial charge in [0.05, 0.1) is 12.3 Å². The zero-order chi connectivity index (χ0) is 17.5. The van der Waals surface area contributed by atoms with E-state index in [-0.39, 0.29) is 5.56 Å². The number of H-pyrrole nitrogens is 1. The first-order chi connectivity index (χ1) is 12.2. The van der Waals surface area contributed by atoms with Gasteiger partial charge in [0.25, 0.3) is 5.56 Å². The maximum atomic E-state index is 11.9. The Labute approximate surface area is 148 Å². The van der Waals surface area contributed by atoms with Gasteiger partial charge >= 0.3 is 0 Å². The van der Waals surface area contributed by atoms with Gasteiger partial charge < -0.3 is 10.1 Å². The van der Waals surface area contributed by atoms with Gasteiger partial charge in [-0.3, -0.25) is 9.78 Å². The number of thioether (sulfide) groups is 1. The summed E-state index contributed by atoms with van der Waals surface area (Å²) >= 11 is 1.42. The molecule has 2 aromatic heterocycles. The molecule has 25 heavy (non-hydrogen) atoms. The maximum Gasteiger partial charge on any atom is 0.252 e. The van der Waals surface area contributed by atoms with Gasteiger partial charge in [0.1, 0.15) is 5.75 Å². The van der Waals surface area contributed by atoms with Gasteiger partial charge in [-0.25, -0.2) is 15.0 Å². The third kappa shape index (κ3) is 5.05. The van der Waals surface area contributed by atoms with Gasteiger partial charge in [-0.05, 0) is 37.3 Å². The Morgan fingerprint density at radius 1 is 1.20 bits per heavy atom. The second-order valence-corrected chi connectivity index (χ2v) is 5.93. The SMILES string of the molecule is CCOc1ccc(Nc2nc(CSc3ncccn3)cc(=O)[nH]2)cc1. The molecule has 0 atom stereocenters. The average molecular weight is 355 g/mol. The summed E-state index contributed by atoms with van der Waals surface area (Å²) in [5.74, 6) is 1.69. The van der Waals surface area contributed by atoms with Gasteiger partial charge in [0.2, 0.25) is 5.95 Å². The summed E-state index contributed by atoms with van der Waals surface area (Å²) in [5, 5.41) is 3.73. The molecule has 7 nitrogen and oxygen atoms in total. The van der Waals surface area contributed by atoms with Crippen molar-refractivity contribution in [3.05, 3.63) is 64.8 Å². The Balaban J connectivity index is 1.69. The number of ether oxygens (including phenoxy) is 1. The topological polar surface area (TPSA) is 92.8 Å². The first kappa shape index (κ1) is 17.0. The Bertz CT molecular complexity index is 868. The molecular formula is C17H17N5O2S. The van der Waals surface area contributed by atoms with Crippen molar-refractivity contribution in [1.82, 2.24) is 19.9 Å². The smallest absolute Gasteiger partial charge is 0.252 e. The molecule has 3 rings (SSSR count). The van der Waals surface area contributed by atoms with Gasteiger partial charge in [-0.1, -0.05) is 11.8 Å². The summed E-state index contributed by atoms with van der Waals surface area (Å²) in [6, 6.07) is 10.7. The Morgan fingerprint density at radius 2 is 1.96 bits per heavy atom. The lowest BCUT2D eigenvalue weighted by atomic mass is 10.3. The van der Waals surface area contributed by atoms with Crippen molar-refractivity contribution < 1.29 is 4.74 Å². The summed E-state index contributed by atoms with van der Waals surface area (Å²) < 4.78 is 5.41. The zero-order valence-electron chi connectivity index (χ0n) is 13.6. The second-order valence-electron chi connectivity index (χ2n) is 4.99. The van der Waals surface area contributed by atoms with Gasteiger partial charge in [-0.15, -0.1) is 0 Å². The van der Waals surface area contributed by atoms with Crippen LogP contribution in [0.5, 0.6) is 5.75 Å². The van der Waals surface area contributed by atoms with Crippen LogP contribution in [-0.4, -0.2) is 26.5 Å². The van der Waals surface area contributed by atoms with Crippen LogP contribution >= 0.6 is 11.8 Å². The lowest BCUT2D eigenvalue weighted by Gasteiger charge is -2.08. The molecule has 0 radical (unpaired) electrons. The molecule has 1 aromatic carbocycles. The minimum atomic E-state index is -0.215. The molecule has 0 amide bonds. The number of benzene rings is 1. The van der Waals surface area contributed by atoms with Gasteiger partial charge in [0.15, 0.2) is 5.16 Å². The van der Waals surface area contributed by atoms with Crippen LogP contribution in [0.4, 0.5) is 11.6 Å². The minimum Gasteiger partial charge on any atom is -0.494 e. The maximum absolute atomic E-state index is 11.9. The fourth-order valence-electron chi connectivity index (χ4n) is 2.08. The monoisotopic (exact) mass is 355 g/mol. The Morgan fingerprint density at radius 3 is 2.68 bits per heavy atom. The van der Waals surface area contributed by atoms with Crippen molar-refractivity contribution in [3.8, 4) is 5.75 Å². The van der Waals surface area contributed by atoms with Crippen LogP contribution in [0.25, 0.3) is 0 Å². The normalized spacial score (nSPS) is 10.4. The van der Waals surface area contributed by atoms with E-state index in [2.05, 4.69) is 25.3 Å². The lowest BCUT2D eigenvalue weighted by Crippen LogP contribution is -2.11. The third-order valence-electron chi connectivity index (χ3n) is 3.11. The highest BCUT2D eigenvalue weighted by molar-refractivity contribution is 7.98. The highest BCUT2D eigenvalue weighted by Gasteiger charge is 2.05. The molecule has 0 bridgehead atoms. The van der Waals surface area contributed by atoms with E-state index in [9.17, 15) is 4.79 Å². The molecule has 0 saturated heterocycles. The molecule has 128 valence electrons. The second kappa shape index (κ2) is 8.29. The van der Waals surface area contributed by atoms with Crippen LogP contribution in [0, 0.1) is 0 Å². The third-order valence-corrected chi connectivity index (χ3v) is 4.02. The Kier molecular flexibility index (Phi) is 5.63. The molecule has 0 aliphatic heterocycles. The molecule has 0 fully saturated rings. The van der Waals surface area contributed by atoms with E-state index in [1.807, 2.05) is 31.2 Å². The number of hydrogen-bond donors (Lipinski definition) is 2. The molecule has 2 N–H and O–H groups in total. The number of aromatic amines is 1. The molecule has 0 saturated carbocycles. The summed E-state index contributed by atoms with van der Waals surface area (Å²) in [5.41, 5.74) is 1.24. The molecule has 0 aliphatic rings. The number of nitrogens with zero attached hydrogens (tertiary/aromatic N) is 3. The van der Waals surface area contributed by atoms with Crippen molar-refractivity contribution >= 4 is 23.4 Å². The Hall–Kier alpha value is -2.87. The fraction of sp³-hybridized carbons (Fsp3) is 0.176. The van der Waals surface area contributed by atoms with E-state index in [1.165, 1.54) is 17.8 Å². The molecule has 8 heteroatoms. The first-order valence-electron chi connectivity index (χ1n) is 7.73. The van der Waals surface area contributed by atoms with Crippen molar-refractivity contribution in [3.63, 3.8) is 0 Å². The van der Waals surface area contributed by atoms with E-state index >= 15 is 0 Å². The van der Waals surface area contributed by atoms with E-state index in [1.54, 1.807) is 18.5 Å². The van der Waals surface area contributed by atoms with E-state index in [0.717, 1.165) is 11.4 Å². The highest BCUT2D eigenvalue weighted by Crippen LogP contribution is 2.19. The lowest BCUT2D eigenvalue weighted by molar-refractivity contribution is 0.340. The molecular weight excluding hydrogens is 338 g/mol. The summed E-state index contributed by atoms with van der Waals surface area (Å²) in [6.45, 7) is 2.55. The molecule has 0 aliphatic carbocycles. The number of anilines is 2.